The summed E-state index contributed by atoms with van der Waals surface area (Å²) in [6.07, 6.45) is 2.84. The number of nitrogens with two attached hydrogens (primary N) is 1. The molecule has 0 heterocycles. The summed E-state index contributed by atoms with van der Waals surface area (Å²) in [5.41, 5.74) is 6.08. The summed E-state index contributed by atoms with van der Waals surface area (Å²) < 4.78 is 0. The number of Topliss-reactive ketones (excluding diaryl/α,β-unsaturated/α-hetero) is 1. The molecule has 1 rings (SSSR count). The molecule has 0 radical (unpaired) electrons. The van der Waals surface area contributed by atoms with Crippen LogP contribution in [-0.2, 0) is 25.6 Å². The molecule has 0 saturated heterocycles. The SMILES string of the molecule is CCC(=O)C(CC)NC(=O)C(Cc1ccccc1)NC(=O)C(CC)NC(=O)CCCCNC(=N)N. The lowest BCUT2D eigenvalue weighted by Gasteiger charge is -2.24. The van der Waals surface area contributed by atoms with Crippen molar-refractivity contribution in [3.63, 3.8) is 0 Å². The van der Waals surface area contributed by atoms with Gasteiger partial charge in [0.15, 0.2) is 11.7 Å². The molecular weight excluding hydrogens is 448 g/mol. The van der Waals surface area contributed by atoms with Gasteiger partial charge in [-0.2, -0.15) is 0 Å². The molecule has 3 atom stereocenters. The Labute approximate surface area is 207 Å². The molecule has 0 aromatic heterocycles. The van der Waals surface area contributed by atoms with E-state index < -0.39 is 29.9 Å². The topological polar surface area (TPSA) is 166 Å². The van der Waals surface area contributed by atoms with Crippen molar-refractivity contribution in [1.82, 2.24) is 21.3 Å². The summed E-state index contributed by atoms with van der Waals surface area (Å²) in [5, 5.41) is 18.1. The number of rotatable bonds is 16. The highest BCUT2D eigenvalue weighted by Crippen LogP contribution is 2.07. The van der Waals surface area contributed by atoms with Crippen LogP contribution >= 0.6 is 0 Å². The number of amides is 3. The van der Waals surface area contributed by atoms with Gasteiger partial charge in [0.25, 0.3) is 0 Å². The Morgan fingerprint density at radius 1 is 0.857 bits per heavy atom. The van der Waals surface area contributed by atoms with Gasteiger partial charge in [-0.25, -0.2) is 0 Å². The highest BCUT2D eigenvalue weighted by atomic mass is 16.2. The number of hydrogen-bond acceptors (Lipinski definition) is 5. The van der Waals surface area contributed by atoms with Crippen molar-refractivity contribution < 1.29 is 19.2 Å². The quantitative estimate of drug-likeness (QED) is 0.116. The number of ketones is 1. The fraction of sp³-hybridized carbons (Fsp3) is 0.560. The molecule has 0 aliphatic carbocycles. The van der Waals surface area contributed by atoms with E-state index in [0.29, 0.717) is 38.6 Å². The highest BCUT2D eigenvalue weighted by molar-refractivity contribution is 5.94. The number of nitrogens with one attached hydrogen (secondary N) is 5. The van der Waals surface area contributed by atoms with Crippen molar-refractivity contribution in [2.45, 2.75) is 83.8 Å². The number of unbranched alkanes of at least 4 members (excludes halogenated alkanes) is 1. The number of hydrogen-bond donors (Lipinski definition) is 6. The largest absolute Gasteiger partial charge is 0.370 e. The third-order valence-electron chi connectivity index (χ3n) is 5.58. The standard InChI is InChI=1S/C25H40N6O4/c1-4-18(21(32)6-3)30-24(35)20(16-17-12-8-7-9-13-17)31-23(34)19(5-2)29-22(33)14-10-11-15-28-25(26)27/h7-9,12-13,18-20H,4-6,10-11,14-16H2,1-3H3,(H,29,33)(H,30,35)(H,31,34)(H4,26,27,28). The first-order valence-corrected chi connectivity index (χ1v) is 12.3. The average Bonchev–Trinajstić information content (AvgIpc) is 2.84. The van der Waals surface area contributed by atoms with E-state index in [4.69, 9.17) is 11.1 Å². The first-order chi connectivity index (χ1) is 16.7. The zero-order valence-corrected chi connectivity index (χ0v) is 21.0. The fourth-order valence-electron chi connectivity index (χ4n) is 3.51. The molecule has 10 nitrogen and oxygen atoms in total. The molecule has 3 unspecified atom stereocenters. The summed E-state index contributed by atoms with van der Waals surface area (Å²) in [6.45, 7) is 5.84. The Balaban J connectivity index is 2.80. The molecule has 3 amide bonds. The molecule has 10 heteroatoms. The van der Waals surface area contributed by atoms with Gasteiger partial charge in [-0.1, -0.05) is 51.1 Å². The number of benzene rings is 1. The summed E-state index contributed by atoms with van der Waals surface area (Å²) >= 11 is 0. The summed E-state index contributed by atoms with van der Waals surface area (Å²) in [6, 6.07) is 6.99. The van der Waals surface area contributed by atoms with Gasteiger partial charge >= 0.3 is 0 Å². The zero-order chi connectivity index (χ0) is 26.2. The van der Waals surface area contributed by atoms with E-state index in [1.807, 2.05) is 37.3 Å². The molecule has 35 heavy (non-hydrogen) atoms. The van der Waals surface area contributed by atoms with Crippen LogP contribution in [0, 0.1) is 5.41 Å². The van der Waals surface area contributed by atoms with Crippen molar-refractivity contribution in [1.29, 1.82) is 5.41 Å². The molecule has 1 aromatic rings. The van der Waals surface area contributed by atoms with Crippen LogP contribution in [0.4, 0.5) is 0 Å². The third kappa shape index (κ3) is 11.5. The molecule has 0 spiro atoms. The summed E-state index contributed by atoms with van der Waals surface area (Å²) in [4.78, 5) is 50.5. The minimum atomic E-state index is -0.896. The van der Waals surface area contributed by atoms with Crippen LogP contribution in [-0.4, -0.2) is 54.1 Å². The second kappa shape index (κ2) is 16.2. The van der Waals surface area contributed by atoms with E-state index in [9.17, 15) is 19.2 Å². The predicted molar refractivity (Wildman–Crippen MR) is 136 cm³/mol. The Morgan fingerprint density at radius 2 is 1.46 bits per heavy atom. The second-order valence-electron chi connectivity index (χ2n) is 8.37. The van der Waals surface area contributed by atoms with Gasteiger partial charge in [0.05, 0.1) is 6.04 Å². The van der Waals surface area contributed by atoms with Gasteiger partial charge < -0.3 is 27.0 Å². The van der Waals surface area contributed by atoms with E-state index in [-0.39, 0.29) is 30.5 Å². The van der Waals surface area contributed by atoms with Crippen LogP contribution in [0.15, 0.2) is 30.3 Å². The van der Waals surface area contributed by atoms with E-state index in [0.717, 1.165) is 5.56 Å². The zero-order valence-electron chi connectivity index (χ0n) is 21.0. The van der Waals surface area contributed by atoms with Crippen LogP contribution in [0.5, 0.6) is 0 Å². The van der Waals surface area contributed by atoms with Crippen LogP contribution in [0.2, 0.25) is 0 Å². The monoisotopic (exact) mass is 488 g/mol. The van der Waals surface area contributed by atoms with Crippen LogP contribution in [0.3, 0.4) is 0 Å². The lowest BCUT2D eigenvalue weighted by Crippen LogP contribution is -2.56. The minimum Gasteiger partial charge on any atom is -0.370 e. The van der Waals surface area contributed by atoms with Gasteiger partial charge in [-0.15, -0.1) is 0 Å². The molecule has 0 bridgehead atoms. The first kappa shape index (κ1) is 29.6. The van der Waals surface area contributed by atoms with Crippen molar-refractivity contribution in [2.75, 3.05) is 6.54 Å². The smallest absolute Gasteiger partial charge is 0.243 e. The van der Waals surface area contributed by atoms with E-state index >= 15 is 0 Å². The van der Waals surface area contributed by atoms with Gasteiger partial charge in [0.1, 0.15) is 12.1 Å². The maximum absolute atomic E-state index is 13.1. The van der Waals surface area contributed by atoms with Gasteiger partial charge in [0, 0.05) is 25.8 Å². The fourth-order valence-corrected chi connectivity index (χ4v) is 3.51. The second-order valence-corrected chi connectivity index (χ2v) is 8.37. The van der Waals surface area contributed by atoms with Crippen molar-refractivity contribution in [3.05, 3.63) is 35.9 Å². The van der Waals surface area contributed by atoms with Crippen molar-refractivity contribution in [2.24, 2.45) is 5.73 Å². The van der Waals surface area contributed by atoms with Gasteiger partial charge in [-0.05, 0) is 31.2 Å². The summed E-state index contributed by atoms with van der Waals surface area (Å²) in [7, 11) is 0. The Morgan fingerprint density at radius 3 is 2.03 bits per heavy atom. The molecule has 0 aliphatic heterocycles. The minimum absolute atomic E-state index is 0.0668. The Hall–Kier alpha value is -3.43. The maximum Gasteiger partial charge on any atom is 0.243 e. The Bertz CT molecular complexity index is 846. The van der Waals surface area contributed by atoms with Crippen LogP contribution in [0.1, 0.15) is 64.9 Å². The molecule has 7 N–H and O–H groups in total. The molecule has 194 valence electrons. The highest BCUT2D eigenvalue weighted by Gasteiger charge is 2.28. The third-order valence-corrected chi connectivity index (χ3v) is 5.58. The van der Waals surface area contributed by atoms with E-state index in [1.165, 1.54) is 0 Å². The Kier molecular flexibility index (Phi) is 13.7. The van der Waals surface area contributed by atoms with E-state index in [2.05, 4.69) is 21.3 Å². The summed E-state index contributed by atoms with van der Waals surface area (Å²) in [5.74, 6) is -1.34. The average molecular weight is 489 g/mol. The lowest BCUT2D eigenvalue weighted by atomic mass is 10.0. The number of carbonyl (C=O) groups excluding carboxylic acids is 4. The molecule has 0 aliphatic rings. The molecule has 1 aromatic carbocycles. The molecule has 0 fully saturated rings. The number of carbonyl (C=O) groups is 4. The molecule has 0 saturated carbocycles. The number of guanidine groups is 1. The maximum atomic E-state index is 13.1. The normalized spacial score (nSPS) is 13.1. The van der Waals surface area contributed by atoms with Crippen molar-refractivity contribution in [3.8, 4) is 0 Å². The van der Waals surface area contributed by atoms with Gasteiger partial charge in [0.2, 0.25) is 17.7 Å². The van der Waals surface area contributed by atoms with Crippen LogP contribution in [0.25, 0.3) is 0 Å². The van der Waals surface area contributed by atoms with Gasteiger partial charge in [-0.3, -0.25) is 24.6 Å². The first-order valence-electron chi connectivity index (χ1n) is 12.3. The predicted octanol–water partition coefficient (Wildman–Crippen LogP) is 1.14. The van der Waals surface area contributed by atoms with Crippen LogP contribution < -0.4 is 27.0 Å². The van der Waals surface area contributed by atoms with Crippen molar-refractivity contribution >= 4 is 29.5 Å². The molecular formula is C25H40N6O4. The lowest BCUT2D eigenvalue weighted by molar-refractivity contribution is -0.133. The van der Waals surface area contributed by atoms with E-state index in [1.54, 1.807) is 13.8 Å².